The van der Waals surface area contributed by atoms with E-state index in [9.17, 15) is 22.8 Å². The fourth-order valence-electron chi connectivity index (χ4n) is 5.11. The number of aromatic nitrogens is 4. The van der Waals surface area contributed by atoms with Crippen LogP contribution in [0.5, 0.6) is 0 Å². The van der Waals surface area contributed by atoms with Crippen LogP contribution in [-0.2, 0) is 6.18 Å². The van der Waals surface area contributed by atoms with Crippen molar-refractivity contribution in [3.8, 4) is 16.9 Å². The van der Waals surface area contributed by atoms with Crippen molar-refractivity contribution in [3.63, 3.8) is 0 Å². The van der Waals surface area contributed by atoms with Gasteiger partial charge in [-0.15, -0.1) is 0 Å². The number of nitrogens with one attached hydrogen (secondary N) is 3. The predicted octanol–water partition coefficient (Wildman–Crippen LogP) is 3.30. The number of pyridine rings is 2. The number of aromatic amines is 1. The number of hydrogen-bond acceptors (Lipinski definition) is 8. The van der Waals surface area contributed by atoms with Gasteiger partial charge in [-0.05, 0) is 42.5 Å². The Bertz CT molecular complexity index is 1960. The summed E-state index contributed by atoms with van der Waals surface area (Å²) in [7, 11) is 0. The summed E-state index contributed by atoms with van der Waals surface area (Å²) in [5.74, 6) is 0. The van der Waals surface area contributed by atoms with E-state index in [0.29, 0.717) is 54.2 Å². The molecule has 1 fully saturated rings. The van der Waals surface area contributed by atoms with Gasteiger partial charge >= 0.3 is 11.9 Å². The van der Waals surface area contributed by atoms with Crippen molar-refractivity contribution in [2.45, 2.75) is 6.18 Å². The van der Waals surface area contributed by atoms with Crippen molar-refractivity contribution < 1.29 is 13.2 Å². The molecule has 4 heterocycles. The zero-order valence-corrected chi connectivity index (χ0v) is 21.4. The first-order valence-corrected chi connectivity index (χ1v) is 12.7. The van der Waals surface area contributed by atoms with Gasteiger partial charge < -0.3 is 21.4 Å². The molecule has 13 heteroatoms. The van der Waals surface area contributed by atoms with Crippen LogP contribution in [0.3, 0.4) is 0 Å². The minimum Gasteiger partial charge on any atom is -0.398 e. The van der Waals surface area contributed by atoms with Crippen LogP contribution in [-0.4, -0.2) is 51.9 Å². The number of H-pyrrole nitrogens is 1. The van der Waals surface area contributed by atoms with E-state index in [4.69, 9.17) is 11.1 Å². The molecule has 41 heavy (non-hydrogen) atoms. The monoisotopic (exact) mass is 560 g/mol. The summed E-state index contributed by atoms with van der Waals surface area (Å²) >= 11 is 0. The molecule has 0 atom stereocenters. The van der Waals surface area contributed by atoms with Crippen molar-refractivity contribution in [1.82, 2.24) is 24.8 Å². The number of alkyl halides is 3. The fourth-order valence-corrected chi connectivity index (χ4v) is 5.11. The highest BCUT2D eigenvalue weighted by Crippen LogP contribution is 2.38. The number of hydrogen-bond donors (Lipinski definition) is 4. The Balaban J connectivity index is 1.63. The van der Waals surface area contributed by atoms with Crippen molar-refractivity contribution in [2.75, 3.05) is 36.8 Å². The van der Waals surface area contributed by atoms with E-state index in [1.54, 1.807) is 35.2 Å². The maximum atomic E-state index is 14.3. The molecule has 6 rings (SSSR count). The van der Waals surface area contributed by atoms with E-state index in [2.05, 4.69) is 20.3 Å². The number of benzene rings is 2. The molecule has 5 N–H and O–H groups in total. The van der Waals surface area contributed by atoms with E-state index < -0.39 is 23.0 Å². The molecule has 0 amide bonds. The minimum absolute atomic E-state index is 0.0148. The number of rotatable bonds is 4. The summed E-state index contributed by atoms with van der Waals surface area (Å²) in [5.41, 5.74) is 5.72. The molecule has 5 aromatic rings. The molecule has 2 aromatic carbocycles. The Kier molecular flexibility index (Phi) is 6.30. The first kappa shape index (κ1) is 26.2. The largest absolute Gasteiger partial charge is 0.418 e. The lowest BCUT2D eigenvalue weighted by Gasteiger charge is -2.31. The maximum absolute atomic E-state index is 14.3. The normalized spacial score (nSPS) is 14.1. The first-order valence-electron chi connectivity index (χ1n) is 12.7. The SMILES string of the molecule is N=Cc1cc(-c2ccc3ncc4c(=O)[nH]c(=O)n(-c5ccc(N6CCNCC6)c(C(F)(F)F)c5)c4c3n2)ccc1N. The standard InChI is InChI=1S/C28H23F3N8O2/c29-28(30,31)19-12-17(2-6-23(19)38-9-7-34-8-10-38)39-25-18(26(40)37-27(39)41)14-35-22-5-4-21(36-24(22)25)15-1-3-20(33)16(11-15)13-32/h1-6,11-14,32,34H,7-10,33H2,(H,37,40,41). The number of fused-ring (bicyclic) bond motifs is 3. The smallest absolute Gasteiger partial charge is 0.398 e. The van der Waals surface area contributed by atoms with Crippen LogP contribution in [0.1, 0.15) is 11.1 Å². The lowest BCUT2D eigenvalue weighted by atomic mass is 10.1. The van der Waals surface area contributed by atoms with Gasteiger partial charge in [-0.3, -0.25) is 19.3 Å². The summed E-state index contributed by atoms with van der Waals surface area (Å²) < 4.78 is 44.0. The van der Waals surface area contributed by atoms with Crippen molar-refractivity contribution in [1.29, 1.82) is 5.41 Å². The van der Waals surface area contributed by atoms with Gasteiger partial charge in [-0.2, -0.15) is 13.2 Å². The number of piperazine rings is 1. The molecule has 0 aliphatic carbocycles. The van der Waals surface area contributed by atoms with Gasteiger partial charge in [0.1, 0.15) is 5.52 Å². The lowest BCUT2D eigenvalue weighted by molar-refractivity contribution is -0.137. The van der Waals surface area contributed by atoms with Crippen molar-refractivity contribution in [3.05, 3.63) is 86.7 Å². The Morgan fingerprint density at radius 3 is 2.54 bits per heavy atom. The molecule has 1 saturated heterocycles. The van der Waals surface area contributed by atoms with Gasteiger partial charge in [0.15, 0.2) is 0 Å². The molecule has 10 nitrogen and oxygen atoms in total. The van der Waals surface area contributed by atoms with E-state index in [0.717, 1.165) is 16.8 Å². The molecule has 1 aliphatic rings. The lowest BCUT2D eigenvalue weighted by Crippen LogP contribution is -2.44. The average Bonchev–Trinajstić information content (AvgIpc) is 2.97. The number of nitrogens with zero attached hydrogens (tertiary/aromatic N) is 4. The summed E-state index contributed by atoms with van der Waals surface area (Å²) in [6.07, 6.45) is -2.32. The van der Waals surface area contributed by atoms with E-state index in [1.165, 1.54) is 18.3 Å². The zero-order valence-electron chi connectivity index (χ0n) is 21.4. The second-order valence-corrected chi connectivity index (χ2v) is 9.60. The fraction of sp³-hybridized carbons (Fsp3) is 0.179. The quantitative estimate of drug-likeness (QED) is 0.150. The van der Waals surface area contributed by atoms with E-state index in [1.807, 2.05) is 0 Å². The summed E-state index contributed by atoms with van der Waals surface area (Å²) in [4.78, 5) is 38.9. The third-order valence-corrected chi connectivity index (χ3v) is 7.12. The maximum Gasteiger partial charge on any atom is 0.418 e. The summed E-state index contributed by atoms with van der Waals surface area (Å²) in [6.45, 7) is 1.90. The number of anilines is 2. The Hall–Kier alpha value is -5.04. The zero-order chi connectivity index (χ0) is 28.9. The molecular weight excluding hydrogens is 537 g/mol. The minimum atomic E-state index is -4.70. The first-order chi connectivity index (χ1) is 19.7. The molecule has 0 unspecified atom stereocenters. The molecule has 0 spiro atoms. The Labute approximate surface area is 229 Å². The molecule has 0 saturated carbocycles. The number of halogens is 3. The third kappa shape index (κ3) is 4.59. The van der Waals surface area contributed by atoms with Crippen LogP contribution in [0.25, 0.3) is 38.9 Å². The number of nitrogen functional groups attached to an aromatic ring is 1. The molecule has 208 valence electrons. The van der Waals surface area contributed by atoms with Crippen LogP contribution >= 0.6 is 0 Å². The van der Waals surface area contributed by atoms with Gasteiger partial charge in [0.25, 0.3) is 5.56 Å². The van der Waals surface area contributed by atoms with Gasteiger partial charge in [-0.25, -0.2) is 9.78 Å². The predicted molar refractivity (Wildman–Crippen MR) is 151 cm³/mol. The Morgan fingerprint density at radius 2 is 1.80 bits per heavy atom. The van der Waals surface area contributed by atoms with Gasteiger partial charge in [0.05, 0.1) is 33.4 Å². The highest BCUT2D eigenvalue weighted by atomic mass is 19.4. The molecule has 0 radical (unpaired) electrons. The molecular formula is C28H23F3N8O2. The van der Waals surface area contributed by atoms with Crippen LogP contribution in [0, 0.1) is 5.41 Å². The highest BCUT2D eigenvalue weighted by Gasteiger charge is 2.36. The van der Waals surface area contributed by atoms with Crippen molar-refractivity contribution in [2.24, 2.45) is 0 Å². The second kappa shape index (κ2) is 9.86. The van der Waals surface area contributed by atoms with Crippen LogP contribution < -0.4 is 27.2 Å². The average molecular weight is 561 g/mol. The second-order valence-electron chi connectivity index (χ2n) is 9.60. The molecule has 1 aliphatic heterocycles. The van der Waals surface area contributed by atoms with Gasteiger partial charge in [0.2, 0.25) is 0 Å². The van der Waals surface area contributed by atoms with E-state index >= 15 is 0 Å². The highest BCUT2D eigenvalue weighted by molar-refractivity contribution is 6.02. The summed E-state index contributed by atoms with van der Waals surface area (Å²) in [6, 6.07) is 12.0. The van der Waals surface area contributed by atoms with E-state index in [-0.39, 0.29) is 27.8 Å². The molecule has 3 aromatic heterocycles. The Morgan fingerprint density at radius 1 is 1.02 bits per heavy atom. The van der Waals surface area contributed by atoms with Gasteiger partial charge in [0, 0.05) is 61.1 Å². The topological polar surface area (TPSA) is 146 Å². The number of nitrogens with two attached hydrogens (primary N) is 1. The van der Waals surface area contributed by atoms with Gasteiger partial charge in [-0.1, -0.05) is 6.07 Å². The third-order valence-electron chi connectivity index (χ3n) is 7.12. The van der Waals surface area contributed by atoms with Crippen LogP contribution in [0.15, 0.2) is 64.3 Å². The summed E-state index contributed by atoms with van der Waals surface area (Å²) in [5, 5.41) is 10.7. The van der Waals surface area contributed by atoms with Crippen molar-refractivity contribution >= 4 is 39.5 Å². The van der Waals surface area contributed by atoms with Crippen LogP contribution in [0.4, 0.5) is 24.5 Å². The van der Waals surface area contributed by atoms with Crippen LogP contribution in [0.2, 0.25) is 0 Å². The molecule has 0 bridgehead atoms.